The predicted octanol–water partition coefficient (Wildman–Crippen LogP) is 4.22. The van der Waals surface area contributed by atoms with Crippen LogP contribution in [0.15, 0.2) is 36.5 Å². The van der Waals surface area contributed by atoms with Crippen LogP contribution in [0.25, 0.3) is 5.69 Å². The lowest BCUT2D eigenvalue weighted by Gasteiger charge is -2.18. The van der Waals surface area contributed by atoms with Gasteiger partial charge in [0.2, 0.25) is 0 Å². The Labute approximate surface area is 142 Å². The molecule has 0 amide bonds. The number of nitrogens with one attached hydrogen (secondary N) is 1. The second-order valence-electron chi connectivity index (χ2n) is 5.15. The lowest BCUT2D eigenvalue weighted by atomic mass is 10.3. The summed E-state index contributed by atoms with van der Waals surface area (Å²) in [5.74, 6) is 0. The van der Waals surface area contributed by atoms with Gasteiger partial charge in [-0.3, -0.25) is 0 Å². The van der Waals surface area contributed by atoms with Gasteiger partial charge in [0, 0.05) is 31.5 Å². The van der Waals surface area contributed by atoms with Gasteiger partial charge in [-0.15, -0.1) is 0 Å². The zero-order chi connectivity index (χ0) is 15.9. The van der Waals surface area contributed by atoms with Gasteiger partial charge in [-0.2, -0.15) is 0 Å². The van der Waals surface area contributed by atoms with Crippen molar-refractivity contribution in [3.05, 3.63) is 52.3 Å². The van der Waals surface area contributed by atoms with Gasteiger partial charge in [-0.1, -0.05) is 43.1 Å². The number of benzene rings is 1. The van der Waals surface area contributed by atoms with Gasteiger partial charge in [0.15, 0.2) is 0 Å². The normalized spacial score (nSPS) is 11.3. The fourth-order valence-corrected chi connectivity index (χ4v) is 2.85. The average molecular weight is 340 g/mol. The molecule has 0 bridgehead atoms. The van der Waals surface area contributed by atoms with E-state index in [4.69, 9.17) is 23.2 Å². The van der Waals surface area contributed by atoms with Crippen molar-refractivity contribution in [3.63, 3.8) is 0 Å². The standard InChI is InChI=1S/C17H23Cl2N3/c1-3-21(4-2)12-10-20-13-14-7-6-11-22(14)16-9-5-8-15(18)17(16)19/h5-9,11,20H,3-4,10,12-13H2,1-2H3. The van der Waals surface area contributed by atoms with Gasteiger partial charge in [0.1, 0.15) is 0 Å². The maximum Gasteiger partial charge on any atom is 0.0832 e. The SMILES string of the molecule is CCN(CC)CCNCc1cccn1-c1cccc(Cl)c1Cl. The zero-order valence-corrected chi connectivity index (χ0v) is 14.7. The molecular weight excluding hydrogens is 317 g/mol. The molecule has 1 N–H and O–H groups in total. The molecule has 2 rings (SSSR count). The summed E-state index contributed by atoms with van der Waals surface area (Å²) in [6.45, 7) is 9.39. The smallest absolute Gasteiger partial charge is 0.0832 e. The topological polar surface area (TPSA) is 20.2 Å². The van der Waals surface area contributed by atoms with E-state index in [2.05, 4.69) is 34.7 Å². The van der Waals surface area contributed by atoms with E-state index in [1.54, 1.807) is 6.07 Å². The minimum atomic E-state index is 0.577. The van der Waals surface area contributed by atoms with Crippen molar-refractivity contribution in [2.45, 2.75) is 20.4 Å². The molecule has 0 spiro atoms. The summed E-state index contributed by atoms with van der Waals surface area (Å²) in [5, 5.41) is 4.66. The molecule has 0 aliphatic heterocycles. The van der Waals surface area contributed by atoms with Gasteiger partial charge < -0.3 is 14.8 Å². The molecule has 2 aromatic rings. The highest BCUT2D eigenvalue weighted by Crippen LogP contribution is 2.29. The Balaban J connectivity index is 2.00. The summed E-state index contributed by atoms with van der Waals surface area (Å²) in [5.41, 5.74) is 2.09. The molecule has 1 heterocycles. The van der Waals surface area contributed by atoms with Crippen molar-refractivity contribution >= 4 is 23.2 Å². The molecule has 120 valence electrons. The minimum absolute atomic E-state index is 0.577. The van der Waals surface area contributed by atoms with Crippen molar-refractivity contribution in [1.29, 1.82) is 0 Å². The van der Waals surface area contributed by atoms with Gasteiger partial charge >= 0.3 is 0 Å². The molecule has 3 nitrogen and oxygen atoms in total. The second-order valence-corrected chi connectivity index (χ2v) is 5.93. The largest absolute Gasteiger partial charge is 0.318 e. The number of nitrogens with zero attached hydrogens (tertiary/aromatic N) is 2. The lowest BCUT2D eigenvalue weighted by Crippen LogP contribution is -2.31. The van der Waals surface area contributed by atoms with Crippen LogP contribution in [0, 0.1) is 0 Å². The molecule has 0 atom stereocenters. The zero-order valence-electron chi connectivity index (χ0n) is 13.1. The molecule has 0 unspecified atom stereocenters. The van der Waals surface area contributed by atoms with E-state index in [-0.39, 0.29) is 0 Å². The molecule has 5 heteroatoms. The Hall–Kier alpha value is -1.000. The highest BCUT2D eigenvalue weighted by atomic mass is 35.5. The van der Waals surface area contributed by atoms with Crippen LogP contribution in [0.2, 0.25) is 10.0 Å². The molecule has 0 aliphatic rings. The van der Waals surface area contributed by atoms with Crippen LogP contribution >= 0.6 is 23.2 Å². The molecule has 0 saturated carbocycles. The van der Waals surface area contributed by atoms with Crippen LogP contribution in [-0.2, 0) is 6.54 Å². The molecule has 0 aliphatic carbocycles. The maximum absolute atomic E-state index is 6.32. The Bertz CT molecular complexity index is 591. The van der Waals surface area contributed by atoms with Crippen molar-refractivity contribution in [2.24, 2.45) is 0 Å². The van der Waals surface area contributed by atoms with E-state index < -0.39 is 0 Å². The fraction of sp³-hybridized carbons (Fsp3) is 0.412. The highest BCUT2D eigenvalue weighted by molar-refractivity contribution is 6.43. The van der Waals surface area contributed by atoms with Crippen LogP contribution in [-0.4, -0.2) is 35.6 Å². The first-order chi connectivity index (χ1) is 10.7. The van der Waals surface area contributed by atoms with Gasteiger partial charge in [-0.25, -0.2) is 0 Å². The first-order valence-corrected chi connectivity index (χ1v) is 8.46. The van der Waals surface area contributed by atoms with E-state index in [9.17, 15) is 0 Å². The molecule has 0 saturated heterocycles. The quantitative estimate of drug-likeness (QED) is 0.726. The van der Waals surface area contributed by atoms with E-state index in [1.165, 1.54) is 5.69 Å². The number of halogens is 2. The Kier molecular flexibility index (Phi) is 6.77. The molecule has 1 aromatic carbocycles. The van der Waals surface area contributed by atoms with Crippen LogP contribution in [0.1, 0.15) is 19.5 Å². The fourth-order valence-electron chi connectivity index (χ4n) is 2.47. The van der Waals surface area contributed by atoms with Crippen molar-refractivity contribution in [2.75, 3.05) is 26.2 Å². The summed E-state index contributed by atoms with van der Waals surface area (Å²) >= 11 is 12.4. The third-order valence-corrected chi connectivity index (χ3v) is 4.64. The number of hydrogen-bond donors (Lipinski definition) is 1. The van der Waals surface area contributed by atoms with Crippen LogP contribution in [0.4, 0.5) is 0 Å². The van der Waals surface area contributed by atoms with E-state index >= 15 is 0 Å². The van der Waals surface area contributed by atoms with E-state index in [1.807, 2.05) is 24.4 Å². The lowest BCUT2D eigenvalue weighted by molar-refractivity contribution is 0.302. The van der Waals surface area contributed by atoms with Crippen LogP contribution in [0.5, 0.6) is 0 Å². The van der Waals surface area contributed by atoms with Crippen LogP contribution < -0.4 is 5.32 Å². The average Bonchev–Trinajstić information content (AvgIpc) is 2.98. The third kappa shape index (κ3) is 4.26. The minimum Gasteiger partial charge on any atom is -0.318 e. The van der Waals surface area contributed by atoms with Gasteiger partial charge in [0.05, 0.1) is 15.7 Å². The Morgan fingerprint density at radius 3 is 2.59 bits per heavy atom. The summed E-state index contributed by atoms with van der Waals surface area (Å²) in [4.78, 5) is 2.40. The summed E-state index contributed by atoms with van der Waals surface area (Å²) in [6.07, 6.45) is 2.01. The van der Waals surface area contributed by atoms with Gasteiger partial charge in [0.25, 0.3) is 0 Å². The number of hydrogen-bond acceptors (Lipinski definition) is 2. The molecule has 1 aromatic heterocycles. The maximum atomic E-state index is 6.32. The number of likely N-dealkylation sites (N-methyl/N-ethyl adjacent to an activating group) is 1. The van der Waals surface area contributed by atoms with Gasteiger partial charge in [-0.05, 0) is 37.4 Å². The Morgan fingerprint density at radius 1 is 1.09 bits per heavy atom. The predicted molar refractivity (Wildman–Crippen MR) is 95.3 cm³/mol. The van der Waals surface area contributed by atoms with Crippen molar-refractivity contribution < 1.29 is 0 Å². The van der Waals surface area contributed by atoms with Crippen LogP contribution in [0.3, 0.4) is 0 Å². The first kappa shape index (κ1) is 17.4. The van der Waals surface area contributed by atoms with Crippen molar-refractivity contribution in [1.82, 2.24) is 14.8 Å². The molecule has 0 radical (unpaired) electrons. The number of rotatable bonds is 8. The first-order valence-electron chi connectivity index (χ1n) is 7.71. The highest BCUT2D eigenvalue weighted by Gasteiger charge is 2.09. The van der Waals surface area contributed by atoms with Crippen molar-refractivity contribution in [3.8, 4) is 5.69 Å². The second kappa shape index (κ2) is 8.59. The number of aromatic nitrogens is 1. The van der Waals surface area contributed by atoms with E-state index in [0.717, 1.165) is 38.4 Å². The van der Waals surface area contributed by atoms with E-state index in [0.29, 0.717) is 10.0 Å². The Morgan fingerprint density at radius 2 is 1.86 bits per heavy atom. The summed E-state index contributed by atoms with van der Waals surface area (Å²) in [7, 11) is 0. The monoisotopic (exact) mass is 339 g/mol. The molecular formula is C17H23Cl2N3. The molecule has 0 fully saturated rings. The third-order valence-electron chi connectivity index (χ3n) is 3.83. The summed E-state index contributed by atoms with van der Waals surface area (Å²) < 4.78 is 2.08. The molecule has 22 heavy (non-hydrogen) atoms. The summed E-state index contributed by atoms with van der Waals surface area (Å²) in [6, 6.07) is 9.83.